The number of fused-ring (bicyclic) bond motifs is 1. The first-order valence-corrected chi connectivity index (χ1v) is 11.1. The van der Waals surface area contributed by atoms with Crippen LogP contribution in [0, 0.1) is 5.82 Å². The van der Waals surface area contributed by atoms with Gasteiger partial charge in [-0.1, -0.05) is 66.7 Å². The zero-order valence-electron chi connectivity index (χ0n) is 16.6. The van der Waals surface area contributed by atoms with Crippen LogP contribution in [-0.4, -0.2) is 21.1 Å². The largest absolute Gasteiger partial charge is 0.293 e. The van der Waals surface area contributed by atoms with Crippen LogP contribution in [0.4, 0.5) is 4.39 Å². The fourth-order valence-corrected chi connectivity index (χ4v) is 4.28. The predicted molar refractivity (Wildman–Crippen MR) is 123 cm³/mol. The quantitative estimate of drug-likeness (QED) is 0.213. The molecule has 0 bridgehead atoms. The van der Waals surface area contributed by atoms with Gasteiger partial charge in [0.2, 0.25) is 0 Å². The maximum atomic E-state index is 13.7. The van der Waals surface area contributed by atoms with Crippen molar-refractivity contribution in [2.45, 2.75) is 18.5 Å². The smallest absolute Gasteiger partial charge is 0.266 e. The summed E-state index contributed by atoms with van der Waals surface area (Å²) in [6, 6.07) is 18.5. The molecule has 0 fully saturated rings. The van der Waals surface area contributed by atoms with E-state index in [0.717, 1.165) is 23.7 Å². The summed E-state index contributed by atoms with van der Waals surface area (Å²) < 4.78 is 15.0. The topological polar surface area (TPSA) is 52.0 Å². The zero-order chi connectivity index (χ0) is 22.0. The van der Waals surface area contributed by atoms with Gasteiger partial charge in [0.1, 0.15) is 5.82 Å². The Labute approximate surface area is 187 Å². The van der Waals surface area contributed by atoms with E-state index < -0.39 is 5.82 Å². The third-order valence-electron chi connectivity index (χ3n) is 4.92. The third-order valence-corrected chi connectivity index (χ3v) is 6.15. The lowest BCUT2D eigenvalue weighted by molar-refractivity contribution is 0.102. The number of Topliss-reactive ketones (excluding diaryl/α,β-unsaturated/α-hetero) is 1. The molecule has 1 heterocycles. The van der Waals surface area contributed by atoms with Gasteiger partial charge < -0.3 is 0 Å². The molecule has 0 saturated heterocycles. The van der Waals surface area contributed by atoms with E-state index >= 15 is 0 Å². The normalized spacial score (nSPS) is 11.1. The summed E-state index contributed by atoms with van der Waals surface area (Å²) in [5, 5.41) is 0.666. The van der Waals surface area contributed by atoms with Gasteiger partial charge >= 0.3 is 0 Å². The Morgan fingerprint density at radius 2 is 1.84 bits per heavy atom. The Balaban J connectivity index is 1.74. The van der Waals surface area contributed by atoms with Gasteiger partial charge in [-0.2, -0.15) is 0 Å². The van der Waals surface area contributed by atoms with Gasteiger partial charge in [0, 0.05) is 5.56 Å². The van der Waals surface area contributed by atoms with E-state index in [4.69, 9.17) is 11.6 Å². The second-order valence-corrected chi connectivity index (χ2v) is 8.26. The summed E-state index contributed by atoms with van der Waals surface area (Å²) in [5.74, 6) is -0.545. The molecule has 0 atom stereocenters. The number of hydrogen-bond acceptors (Lipinski definition) is 4. The van der Waals surface area contributed by atoms with Crippen LogP contribution in [0.3, 0.4) is 0 Å². The predicted octanol–water partition coefficient (Wildman–Crippen LogP) is 5.72. The molecule has 0 radical (unpaired) electrons. The maximum Gasteiger partial charge on any atom is 0.266 e. The molecule has 0 aliphatic rings. The Hall–Kier alpha value is -2.96. The van der Waals surface area contributed by atoms with Crippen LogP contribution in [0.5, 0.6) is 0 Å². The van der Waals surface area contributed by atoms with Gasteiger partial charge in [0.25, 0.3) is 5.56 Å². The van der Waals surface area contributed by atoms with Crippen molar-refractivity contribution >= 4 is 40.0 Å². The van der Waals surface area contributed by atoms with Crippen LogP contribution < -0.4 is 5.56 Å². The number of aromatic nitrogens is 2. The van der Waals surface area contributed by atoms with E-state index in [1.807, 2.05) is 24.3 Å². The highest BCUT2D eigenvalue weighted by Crippen LogP contribution is 2.25. The second kappa shape index (κ2) is 9.04. The SMILES string of the molecule is CCc1ccc(C(=O)CSc2nc3ccccc3c(=O)n2-c2ccc(F)c(Cl)c2)cc1. The summed E-state index contributed by atoms with van der Waals surface area (Å²) in [4.78, 5) is 30.5. The van der Waals surface area contributed by atoms with E-state index in [9.17, 15) is 14.0 Å². The molecule has 0 aliphatic carbocycles. The number of thioether (sulfide) groups is 1. The van der Waals surface area contributed by atoms with Crippen molar-refractivity contribution in [3.05, 3.63) is 99.1 Å². The number of carbonyl (C=O) groups is 1. The Morgan fingerprint density at radius 1 is 1.10 bits per heavy atom. The van der Waals surface area contributed by atoms with E-state index in [1.165, 1.54) is 22.8 Å². The second-order valence-electron chi connectivity index (χ2n) is 6.91. The summed E-state index contributed by atoms with van der Waals surface area (Å²) in [6.07, 6.45) is 0.900. The van der Waals surface area contributed by atoms with E-state index in [2.05, 4.69) is 11.9 Å². The highest BCUT2D eigenvalue weighted by atomic mass is 35.5. The summed E-state index contributed by atoms with van der Waals surface area (Å²) in [6.45, 7) is 2.05. The molecular weight excluding hydrogens is 435 g/mol. The highest BCUT2D eigenvalue weighted by Gasteiger charge is 2.16. The monoisotopic (exact) mass is 452 g/mol. The molecule has 1 aromatic heterocycles. The van der Waals surface area contributed by atoms with Gasteiger partial charge in [0.15, 0.2) is 10.9 Å². The van der Waals surface area contributed by atoms with Crippen LogP contribution in [0.15, 0.2) is 76.7 Å². The Morgan fingerprint density at radius 3 is 2.55 bits per heavy atom. The van der Waals surface area contributed by atoms with Gasteiger partial charge in [-0.05, 0) is 42.3 Å². The molecule has 4 nitrogen and oxygen atoms in total. The minimum Gasteiger partial charge on any atom is -0.293 e. The molecule has 0 N–H and O–H groups in total. The van der Waals surface area contributed by atoms with Crippen molar-refractivity contribution in [3.8, 4) is 5.69 Å². The van der Waals surface area contributed by atoms with E-state index in [0.29, 0.717) is 27.3 Å². The minimum absolute atomic E-state index is 0.0706. The average molecular weight is 453 g/mol. The van der Waals surface area contributed by atoms with Crippen LogP contribution in [0.1, 0.15) is 22.8 Å². The molecule has 7 heteroatoms. The molecule has 4 aromatic rings. The molecule has 0 amide bonds. The molecule has 156 valence electrons. The lowest BCUT2D eigenvalue weighted by Crippen LogP contribution is -2.22. The number of carbonyl (C=O) groups excluding carboxylic acids is 1. The van der Waals surface area contributed by atoms with Gasteiger partial charge in [-0.3, -0.25) is 14.2 Å². The number of aryl methyl sites for hydroxylation is 1. The Bertz CT molecular complexity index is 1340. The van der Waals surface area contributed by atoms with E-state index in [1.54, 1.807) is 24.3 Å². The standard InChI is InChI=1S/C24H18ClFN2O2S/c1-2-15-7-9-16(10-8-15)22(29)14-31-24-27-21-6-4-3-5-18(21)23(30)28(24)17-11-12-20(26)19(25)13-17/h3-13H,2,14H2,1H3. The van der Waals surface area contributed by atoms with Crippen molar-refractivity contribution in [3.63, 3.8) is 0 Å². The number of para-hydroxylation sites is 1. The molecule has 0 saturated carbocycles. The third kappa shape index (κ3) is 4.40. The van der Waals surface area contributed by atoms with Crippen molar-refractivity contribution in [2.75, 3.05) is 5.75 Å². The average Bonchev–Trinajstić information content (AvgIpc) is 2.79. The minimum atomic E-state index is -0.577. The number of ketones is 1. The first-order chi connectivity index (χ1) is 15.0. The van der Waals surface area contributed by atoms with Crippen LogP contribution in [0.2, 0.25) is 5.02 Å². The van der Waals surface area contributed by atoms with Crippen LogP contribution in [0.25, 0.3) is 16.6 Å². The van der Waals surface area contributed by atoms with Gasteiger partial charge in [0.05, 0.1) is 27.4 Å². The molecule has 4 rings (SSSR count). The van der Waals surface area contributed by atoms with Crippen molar-refractivity contribution in [1.82, 2.24) is 9.55 Å². The molecule has 3 aromatic carbocycles. The highest BCUT2D eigenvalue weighted by molar-refractivity contribution is 7.99. The first-order valence-electron chi connectivity index (χ1n) is 9.70. The molecule has 0 unspecified atom stereocenters. The molecule has 31 heavy (non-hydrogen) atoms. The van der Waals surface area contributed by atoms with Crippen molar-refractivity contribution in [1.29, 1.82) is 0 Å². The molecule has 0 aliphatic heterocycles. The fourth-order valence-electron chi connectivity index (χ4n) is 3.20. The summed E-state index contributed by atoms with van der Waals surface area (Å²) >= 11 is 7.11. The van der Waals surface area contributed by atoms with Crippen LogP contribution >= 0.6 is 23.4 Å². The number of hydrogen-bond donors (Lipinski definition) is 0. The maximum absolute atomic E-state index is 13.7. The number of benzene rings is 3. The number of rotatable bonds is 6. The van der Waals surface area contributed by atoms with Gasteiger partial charge in [-0.15, -0.1) is 0 Å². The molecular formula is C24H18ClFN2O2S. The Kier molecular flexibility index (Phi) is 6.20. The van der Waals surface area contributed by atoms with E-state index in [-0.39, 0.29) is 22.1 Å². The fraction of sp³-hybridized carbons (Fsp3) is 0.125. The van der Waals surface area contributed by atoms with Gasteiger partial charge in [-0.25, -0.2) is 9.37 Å². The summed E-state index contributed by atoms with van der Waals surface area (Å²) in [7, 11) is 0. The lowest BCUT2D eigenvalue weighted by Gasteiger charge is -2.13. The number of halogens is 2. The summed E-state index contributed by atoms with van der Waals surface area (Å²) in [5.41, 5.74) is 2.36. The van der Waals surface area contributed by atoms with Crippen LogP contribution in [-0.2, 0) is 6.42 Å². The number of nitrogens with zero attached hydrogens (tertiary/aromatic N) is 2. The first kappa shape index (κ1) is 21.3. The lowest BCUT2D eigenvalue weighted by atomic mass is 10.1. The zero-order valence-corrected chi connectivity index (χ0v) is 18.2. The van der Waals surface area contributed by atoms with Crippen molar-refractivity contribution in [2.24, 2.45) is 0 Å². The van der Waals surface area contributed by atoms with Crippen molar-refractivity contribution < 1.29 is 9.18 Å². The molecule has 0 spiro atoms.